The molecule has 17 heavy (non-hydrogen) atoms. The van der Waals surface area contributed by atoms with Gasteiger partial charge in [0.15, 0.2) is 5.79 Å². The third-order valence-electron chi connectivity index (χ3n) is 3.34. The number of aliphatic hydroxyl groups is 3. The van der Waals surface area contributed by atoms with Crippen molar-refractivity contribution >= 4 is 0 Å². The van der Waals surface area contributed by atoms with Gasteiger partial charge in [-0.2, -0.15) is 0 Å². The molecule has 1 rings (SSSR count). The van der Waals surface area contributed by atoms with Gasteiger partial charge in [-0.05, 0) is 19.3 Å². The van der Waals surface area contributed by atoms with E-state index in [1.807, 2.05) is 43.4 Å². The van der Waals surface area contributed by atoms with Gasteiger partial charge >= 0.3 is 0 Å². The normalized spacial score (nSPS) is 34.1. The molecular formula is C14H22O3. The molecule has 0 aromatic heterocycles. The van der Waals surface area contributed by atoms with E-state index in [0.29, 0.717) is 6.42 Å². The van der Waals surface area contributed by atoms with E-state index in [4.69, 9.17) is 0 Å². The Morgan fingerprint density at radius 2 is 1.76 bits per heavy atom. The summed E-state index contributed by atoms with van der Waals surface area (Å²) in [5.41, 5.74) is 0. The summed E-state index contributed by atoms with van der Waals surface area (Å²) in [5, 5.41) is 29.1. The fourth-order valence-electron chi connectivity index (χ4n) is 2.17. The summed E-state index contributed by atoms with van der Waals surface area (Å²) in [7, 11) is 0. The number of hydrogen-bond donors (Lipinski definition) is 3. The molecule has 3 atom stereocenters. The van der Waals surface area contributed by atoms with Crippen molar-refractivity contribution in [3.63, 3.8) is 0 Å². The molecule has 0 heterocycles. The van der Waals surface area contributed by atoms with Gasteiger partial charge in [0.25, 0.3) is 0 Å². The lowest BCUT2D eigenvalue weighted by Crippen LogP contribution is -2.47. The van der Waals surface area contributed by atoms with Crippen LogP contribution in [0.15, 0.2) is 36.5 Å². The summed E-state index contributed by atoms with van der Waals surface area (Å²) in [6.07, 6.45) is 11.4. The SMILES string of the molecule is C/C=C/C=C/C=C/[C@H]1C[C@@H](O)CC(O)(O)[C@@H]1C. The summed E-state index contributed by atoms with van der Waals surface area (Å²) in [6.45, 7) is 3.75. The smallest absolute Gasteiger partial charge is 0.168 e. The fourth-order valence-corrected chi connectivity index (χ4v) is 2.17. The van der Waals surface area contributed by atoms with Gasteiger partial charge in [-0.1, -0.05) is 43.4 Å². The van der Waals surface area contributed by atoms with E-state index < -0.39 is 11.9 Å². The Hall–Kier alpha value is -0.900. The lowest BCUT2D eigenvalue weighted by Gasteiger charge is -2.40. The van der Waals surface area contributed by atoms with E-state index in [1.54, 1.807) is 6.92 Å². The highest BCUT2D eigenvalue weighted by atomic mass is 16.5. The van der Waals surface area contributed by atoms with Gasteiger partial charge < -0.3 is 15.3 Å². The van der Waals surface area contributed by atoms with Crippen molar-refractivity contribution < 1.29 is 15.3 Å². The van der Waals surface area contributed by atoms with Crippen LogP contribution in [0.25, 0.3) is 0 Å². The zero-order valence-corrected chi connectivity index (χ0v) is 10.5. The Bertz CT molecular complexity index is 315. The van der Waals surface area contributed by atoms with Crippen molar-refractivity contribution in [3.05, 3.63) is 36.5 Å². The molecule has 0 amide bonds. The topological polar surface area (TPSA) is 60.7 Å². The van der Waals surface area contributed by atoms with Crippen LogP contribution in [0.2, 0.25) is 0 Å². The first-order chi connectivity index (χ1) is 7.97. The first kappa shape index (κ1) is 14.2. The van der Waals surface area contributed by atoms with Gasteiger partial charge in [0.1, 0.15) is 0 Å². The summed E-state index contributed by atoms with van der Waals surface area (Å²) in [6, 6.07) is 0. The predicted molar refractivity (Wildman–Crippen MR) is 68.2 cm³/mol. The molecule has 0 aromatic rings. The molecule has 0 bridgehead atoms. The largest absolute Gasteiger partial charge is 0.393 e. The van der Waals surface area contributed by atoms with Gasteiger partial charge in [-0.3, -0.25) is 0 Å². The maximum Gasteiger partial charge on any atom is 0.168 e. The molecule has 0 aromatic carbocycles. The van der Waals surface area contributed by atoms with Crippen molar-refractivity contribution in [2.24, 2.45) is 11.8 Å². The molecule has 1 aliphatic rings. The maximum absolute atomic E-state index is 9.76. The van der Waals surface area contributed by atoms with Crippen molar-refractivity contribution in [3.8, 4) is 0 Å². The predicted octanol–water partition coefficient (Wildman–Crippen LogP) is 1.76. The molecule has 3 N–H and O–H groups in total. The number of rotatable bonds is 3. The molecule has 96 valence electrons. The fraction of sp³-hybridized carbons (Fsp3) is 0.571. The second-order valence-electron chi connectivity index (χ2n) is 4.72. The van der Waals surface area contributed by atoms with Crippen molar-refractivity contribution in [1.82, 2.24) is 0 Å². The minimum atomic E-state index is -1.76. The Kier molecular flexibility index (Phi) is 5.12. The zero-order chi connectivity index (χ0) is 12.9. The lowest BCUT2D eigenvalue weighted by atomic mass is 9.74. The first-order valence-electron chi connectivity index (χ1n) is 6.06. The first-order valence-corrected chi connectivity index (χ1v) is 6.06. The van der Waals surface area contributed by atoms with Crippen molar-refractivity contribution in [1.29, 1.82) is 0 Å². The van der Waals surface area contributed by atoms with Crippen LogP contribution in [0.3, 0.4) is 0 Å². The van der Waals surface area contributed by atoms with E-state index in [2.05, 4.69) is 0 Å². The van der Waals surface area contributed by atoms with Crippen molar-refractivity contribution in [2.45, 2.75) is 38.6 Å². The van der Waals surface area contributed by atoms with Crippen LogP contribution in [0.1, 0.15) is 26.7 Å². The van der Waals surface area contributed by atoms with Crippen LogP contribution in [0.4, 0.5) is 0 Å². The van der Waals surface area contributed by atoms with E-state index in [-0.39, 0.29) is 18.3 Å². The molecule has 1 fully saturated rings. The van der Waals surface area contributed by atoms with Crippen LogP contribution < -0.4 is 0 Å². The molecule has 3 nitrogen and oxygen atoms in total. The zero-order valence-electron chi connectivity index (χ0n) is 10.5. The Balaban J connectivity index is 2.63. The van der Waals surface area contributed by atoms with E-state index >= 15 is 0 Å². The van der Waals surface area contributed by atoms with Crippen LogP contribution in [0, 0.1) is 11.8 Å². The standard InChI is InChI=1S/C14H22O3/c1-3-4-5-6-7-8-12-9-13(15)10-14(16,17)11(12)2/h3-8,11-13,15-17H,9-10H2,1-2H3/b4-3+,6-5+,8-7+/t11-,12+,13-/m1/s1. The van der Waals surface area contributed by atoms with Gasteiger partial charge in [0, 0.05) is 12.3 Å². The Morgan fingerprint density at radius 3 is 2.41 bits per heavy atom. The van der Waals surface area contributed by atoms with E-state index in [9.17, 15) is 15.3 Å². The third kappa shape index (κ3) is 4.11. The van der Waals surface area contributed by atoms with Gasteiger partial charge in [-0.15, -0.1) is 0 Å². The molecule has 0 radical (unpaired) electrons. The average Bonchev–Trinajstić information content (AvgIpc) is 2.24. The Labute approximate surface area is 103 Å². The van der Waals surface area contributed by atoms with Gasteiger partial charge in [0.2, 0.25) is 0 Å². The van der Waals surface area contributed by atoms with E-state index in [0.717, 1.165) is 0 Å². The second kappa shape index (κ2) is 6.15. The average molecular weight is 238 g/mol. The molecule has 0 saturated heterocycles. The van der Waals surface area contributed by atoms with Crippen LogP contribution in [0.5, 0.6) is 0 Å². The quantitative estimate of drug-likeness (QED) is 0.518. The molecular weight excluding hydrogens is 216 g/mol. The molecule has 1 aliphatic carbocycles. The van der Waals surface area contributed by atoms with Gasteiger partial charge in [-0.25, -0.2) is 0 Å². The third-order valence-corrected chi connectivity index (χ3v) is 3.34. The minimum absolute atomic E-state index is 0.0102. The summed E-state index contributed by atoms with van der Waals surface area (Å²) in [4.78, 5) is 0. The highest BCUT2D eigenvalue weighted by Crippen LogP contribution is 2.36. The second-order valence-corrected chi connectivity index (χ2v) is 4.72. The number of aliphatic hydroxyl groups excluding tert-OH is 1. The summed E-state index contributed by atoms with van der Waals surface area (Å²) in [5.74, 6) is -2.04. The molecule has 0 aliphatic heterocycles. The van der Waals surface area contributed by atoms with Gasteiger partial charge in [0.05, 0.1) is 6.10 Å². The molecule has 0 unspecified atom stereocenters. The monoisotopic (exact) mass is 238 g/mol. The van der Waals surface area contributed by atoms with Crippen molar-refractivity contribution in [2.75, 3.05) is 0 Å². The summed E-state index contributed by atoms with van der Waals surface area (Å²) < 4.78 is 0. The molecule has 1 saturated carbocycles. The number of hydrogen-bond acceptors (Lipinski definition) is 3. The van der Waals surface area contributed by atoms with Crippen LogP contribution in [-0.4, -0.2) is 27.2 Å². The summed E-state index contributed by atoms with van der Waals surface area (Å²) >= 11 is 0. The number of allylic oxidation sites excluding steroid dienone is 6. The maximum atomic E-state index is 9.76. The van der Waals surface area contributed by atoms with Crippen LogP contribution in [-0.2, 0) is 0 Å². The lowest BCUT2D eigenvalue weighted by molar-refractivity contribution is -0.238. The highest BCUT2D eigenvalue weighted by molar-refractivity contribution is 5.12. The highest BCUT2D eigenvalue weighted by Gasteiger charge is 2.42. The Morgan fingerprint density at radius 1 is 1.12 bits per heavy atom. The molecule has 0 spiro atoms. The molecule has 3 heteroatoms. The van der Waals surface area contributed by atoms with Crippen LogP contribution >= 0.6 is 0 Å². The minimum Gasteiger partial charge on any atom is -0.393 e. The van der Waals surface area contributed by atoms with E-state index in [1.165, 1.54) is 0 Å².